The van der Waals surface area contributed by atoms with E-state index in [9.17, 15) is 18.4 Å². The summed E-state index contributed by atoms with van der Waals surface area (Å²) in [7, 11) is 0. The summed E-state index contributed by atoms with van der Waals surface area (Å²) in [4.78, 5) is 25.7. The lowest BCUT2D eigenvalue weighted by atomic mass is 9.95. The van der Waals surface area contributed by atoms with E-state index in [4.69, 9.17) is 0 Å². The number of carbonyl (C=O) groups excluding carboxylic acids is 2. The minimum absolute atomic E-state index is 0.0286. The molecule has 5 nitrogen and oxygen atoms in total. The predicted molar refractivity (Wildman–Crippen MR) is 91.9 cm³/mol. The summed E-state index contributed by atoms with van der Waals surface area (Å²) in [5.41, 5.74) is 1.00. The minimum atomic E-state index is -2.83. The molecule has 1 saturated carbocycles. The molecular formula is C19H22F2N2O3. The van der Waals surface area contributed by atoms with Crippen LogP contribution in [0.2, 0.25) is 0 Å². The lowest BCUT2D eigenvalue weighted by Crippen LogP contribution is -2.43. The number of rotatable bonds is 6. The zero-order valence-corrected chi connectivity index (χ0v) is 14.4. The van der Waals surface area contributed by atoms with Crippen molar-refractivity contribution in [1.82, 2.24) is 10.2 Å². The van der Waals surface area contributed by atoms with E-state index < -0.39 is 6.61 Å². The van der Waals surface area contributed by atoms with Crippen molar-refractivity contribution >= 4 is 11.8 Å². The molecule has 1 heterocycles. The number of benzene rings is 1. The van der Waals surface area contributed by atoms with Crippen molar-refractivity contribution in [2.24, 2.45) is 5.92 Å². The van der Waals surface area contributed by atoms with Crippen LogP contribution in [-0.4, -0.2) is 42.5 Å². The summed E-state index contributed by atoms with van der Waals surface area (Å²) in [5.74, 6) is 0.200. The van der Waals surface area contributed by atoms with Crippen molar-refractivity contribution < 1.29 is 23.1 Å². The molecule has 0 unspecified atom stereocenters. The molecule has 1 aromatic rings. The number of nitrogens with zero attached hydrogens (tertiary/aromatic N) is 1. The zero-order valence-electron chi connectivity index (χ0n) is 14.4. The van der Waals surface area contributed by atoms with Crippen molar-refractivity contribution in [1.29, 1.82) is 0 Å². The third kappa shape index (κ3) is 4.39. The molecule has 2 atom stereocenters. The number of carbonyl (C=O) groups is 2. The van der Waals surface area contributed by atoms with Crippen LogP contribution in [0.15, 0.2) is 36.9 Å². The normalized spacial score (nSPS) is 22.8. The molecule has 2 amide bonds. The van der Waals surface area contributed by atoms with Crippen LogP contribution in [0.4, 0.5) is 8.78 Å². The van der Waals surface area contributed by atoms with Gasteiger partial charge in [-0.2, -0.15) is 8.78 Å². The number of ether oxygens (including phenoxy) is 1. The average Bonchev–Trinajstić information content (AvgIpc) is 3.40. The fraction of sp³-hybridized carbons (Fsp3) is 0.474. The van der Waals surface area contributed by atoms with Crippen LogP contribution in [0.25, 0.3) is 0 Å². The van der Waals surface area contributed by atoms with Gasteiger partial charge in [-0.15, -0.1) is 0 Å². The Hall–Kier alpha value is -2.44. The lowest BCUT2D eigenvalue weighted by molar-refractivity contribution is -0.132. The maximum Gasteiger partial charge on any atom is 0.387 e. The van der Waals surface area contributed by atoms with Crippen LogP contribution in [-0.2, 0) is 9.59 Å². The van der Waals surface area contributed by atoms with Crippen LogP contribution < -0.4 is 10.1 Å². The van der Waals surface area contributed by atoms with Gasteiger partial charge >= 0.3 is 6.61 Å². The van der Waals surface area contributed by atoms with Gasteiger partial charge in [0.1, 0.15) is 5.75 Å². The second kappa shape index (κ2) is 7.85. The molecule has 0 aromatic heterocycles. The first-order valence-electron chi connectivity index (χ1n) is 8.74. The van der Waals surface area contributed by atoms with E-state index in [0.29, 0.717) is 25.9 Å². The summed E-state index contributed by atoms with van der Waals surface area (Å²) in [6.07, 6.45) is 3.45. The number of piperidine rings is 1. The van der Waals surface area contributed by atoms with Gasteiger partial charge in [-0.1, -0.05) is 18.7 Å². The fourth-order valence-corrected chi connectivity index (χ4v) is 3.41. The zero-order chi connectivity index (χ0) is 18.7. The maximum atomic E-state index is 12.4. The number of halogens is 2. The third-order valence-electron chi connectivity index (χ3n) is 5.00. The Bertz CT molecular complexity index is 670. The number of alkyl halides is 2. The smallest absolute Gasteiger partial charge is 0.387 e. The van der Waals surface area contributed by atoms with E-state index in [1.54, 1.807) is 17.0 Å². The summed E-state index contributed by atoms with van der Waals surface area (Å²) < 4.78 is 28.7. The van der Waals surface area contributed by atoms with Crippen molar-refractivity contribution in [2.75, 3.05) is 13.1 Å². The van der Waals surface area contributed by atoms with Crippen LogP contribution >= 0.6 is 0 Å². The quantitative estimate of drug-likeness (QED) is 0.790. The van der Waals surface area contributed by atoms with Gasteiger partial charge in [0.05, 0.1) is 0 Å². The van der Waals surface area contributed by atoms with E-state index in [-0.39, 0.29) is 35.4 Å². The highest BCUT2D eigenvalue weighted by atomic mass is 19.3. The maximum absolute atomic E-state index is 12.4. The Morgan fingerprint density at radius 2 is 1.88 bits per heavy atom. The summed E-state index contributed by atoms with van der Waals surface area (Å²) in [5, 5.41) is 3.06. The lowest BCUT2D eigenvalue weighted by Gasteiger charge is -2.30. The largest absolute Gasteiger partial charge is 0.435 e. The molecule has 2 aliphatic rings. The van der Waals surface area contributed by atoms with Gasteiger partial charge in [-0.25, -0.2) is 0 Å². The highest BCUT2D eigenvalue weighted by Gasteiger charge is 2.40. The number of hydrogen-bond acceptors (Lipinski definition) is 3. The summed E-state index contributed by atoms with van der Waals surface area (Å²) in [6, 6.07) is 6.63. The molecule has 0 spiro atoms. The van der Waals surface area contributed by atoms with Gasteiger partial charge < -0.3 is 15.0 Å². The standard InChI is InChI=1S/C19H22F2N2O3/c1-2-17(24)23-9-7-13(8-10-23)18(25)22-16-11-15(16)12-3-5-14(6-4-12)26-19(20)21/h2-6,13,15-16,19H,1,7-11H2,(H,22,25)/t15-,16+/m0/s1. The number of hydrogen-bond donors (Lipinski definition) is 1. The van der Waals surface area contributed by atoms with Crippen molar-refractivity contribution in [2.45, 2.75) is 37.8 Å². The Labute approximate surface area is 151 Å². The van der Waals surface area contributed by atoms with E-state index in [0.717, 1.165) is 12.0 Å². The number of nitrogens with one attached hydrogen (secondary N) is 1. The molecule has 1 aromatic carbocycles. The summed E-state index contributed by atoms with van der Waals surface area (Å²) >= 11 is 0. The van der Waals surface area contributed by atoms with Gasteiger partial charge in [0, 0.05) is 31.0 Å². The highest BCUT2D eigenvalue weighted by Crippen LogP contribution is 2.41. The van der Waals surface area contributed by atoms with Gasteiger partial charge in [0.25, 0.3) is 0 Å². The molecule has 1 aliphatic heterocycles. The van der Waals surface area contributed by atoms with Crippen LogP contribution in [0.5, 0.6) is 5.75 Å². The summed E-state index contributed by atoms with van der Waals surface area (Å²) in [6.45, 7) is 1.79. The second-order valence-corrected chi connectivity index (χ2v) is 6.71. The van der Waals surface area contributed by atoms with Gasteiger partial charge in [-0.05, 0) is 43.0 Å². The van der Waals surface area contributed by atoms with Gasteiger partial charge in [0.15, 0.2) is 0 Å². The first-order valence-corrected chi connectivity index (χ1v) is 8.74. The molecule has 1 saturated heterocycles. The molecule has 3 rings (SSSR count). The third-order valence-corrected chi connectivity index (χ3v) is 5.00. The van der Waals surface area contributed by atoms with E-state index >= 15 is 0 Å². The van der Waals surface area contributed by atoms with Crippen LogP contribution in [0.1, 0.15) is 30.7 Å². The van der Waals surface area contributed by atoms with Crippen molar-refractivity contribution in [3.63, 3.8) is 0 Å². The Kier molecular flexibility index (Phi) is 5.54. The van der Waals surface area contributed by atoms with Crippen LogP contribution in [0, 0.1) is 5.92 Å². The topological polar surface area (TPSA) is 58.6 Å². The van der Waals surface area contributed by atoms with Crippen LogP contribution in [0.3, 0.4) is 0 Å². The molecule has 7 heteroatoms. The van der Waals surface area contributed by atoms with Gasteiger partial charge in [0.2, 0.25) is 11.8 Å². The van der Waals surface area contributed by atoms with E-state index in [1.165, 1.54) is 18.2 Å². The molecule has 26 heavy (non-hydrogen) atoms. The molecule has 1 N–H and O–H groups in total. The Morgan fingerprint density at radius 3 is 2.46 bits per heavy atom. The molecule has 2 fully saturated rings. The fourth-order valence-electron chi connectivity index (χ4n) is 3.41. The first kappa shape index (κ1) is 18.4. The van der Waals surface area contributed by atoms with Gasteiger partial charge in [-0.3, -0.25) is 9.59 Å². The van der Waals surface area contributed by atoms with Crippen molar-refractivity contribution in [3.8, 4) is 5.75 Å². The first-order chi connectivity index (χ1) is 12.5. The van der Waals surface area contributed by atoms with E-state index in [2.05, 4.69) is 16.6 Å². The minimum Gasteiger partial charge on any atom is -0.435 e. The SMILES string of the molecule is C=CC(=O)N1CCC(C(=O)N[C@@H]2C[C@H]2c2ccc(OC(F)F)cc2)CC1. The molecular weight excluding hydrogens is 342 g/mol. The molecule has 0 radical (unpaired) electrons. The number of likely N-dealkylation sites (tertiary alicyclic amines) is 1. The van der Waals surface area contributed by atoms with E-state index in [1.807, 2.05) is 0 Å². The monoisotopic (exact) mass is 364 g/mol. The predicted octanol–water partition coefficient (Wildman–Crippen LogP) is 2.68. The molecule has 1 aliphatic carbocycles. The second-order valence-electron chi connectivity index (χ2n) is 6.71. The average molecular weight is 364 g/mol. The Balaban J connectivity index is 1.45. The number of amides is 2. The molecule has 0 bridgehead atoms. The van der Waals surface area contributed by atoms with Crippen molar-refractivity contribution in [3.05, 3.63) is 42.5 Å². The Morgan fingerprint density at radius 1 is 1.23 bits per heavy atom. The molecule has 140 valence electrons. The highest BCUT2D eigenvalue weighted by molar-refractivity contribution is 5.87.